The zero-order valence-electron chi connectivity index (χ0n) is 18.2. The first kappa shape index (κ1) is 23.1. The van der Waals surface area contributed by atoms with E-state index in [0.717, 1.165) is 25.5 Å². The third-order valence-electron chi connectivity index (χ3n) is 6.69. The van der Waals surface area contributed by atoms with Crippen LogP contribution in [0.5, 0.6) is 0 Å². The monoisotopic (exact) mass is 465 g/mol. The SMILES string of the molecule is CS(=O)(=O)c1cc(-c2ccc(C[C@@H](C#N)CC(=O)[C@H]3N[C@@H]4CC[C@H]3C4)c(F)c2)ccc1C#N. The lowest BCUT2D eigenvalue weighted by Gasteiger charge is -2.22. The Morgan fingerprint density at radius 2 is 1.91 bits per heavy atom. The van der Waals surface area contributed by atoms with E-state index in [1.54, 1.807) is 18.2 Å². The van der Waals surface area contributed by atoms with E-state index < -0.39 is 21.6 Å². The number of benzene rings is 2. The van der Waals surface area contributed by atoms with Crippen molar-refractivity contribution in [2.75, 3.05) is 6.26 Å². The summed E-state index contributed by atoms with van der Waals surface area (Å²) in [6, 6.07) is 13.1. The minimum atomic E-state index is -3.63. The molecule has 2 fully saturated rings. The van der Waals surface area contributed by atoms with Crippen LogP contribution in [0.3, 0.4) is 0 Å². The number of rotatable bonds is 7. The summed E-state index contributed by atoms with van der Waals surface area (Å²) in [6.07, 6.45) is 4.38. The number of carbonyl (C=O) groups is 1. The van der Waals surface area contributed by atoms with Gasteiger partial charge in [-0.15, -0.1) is 0 Å². The van der Waals surface area contributed by atoms with Crippen molar-refractivity contribution < 1.29 is 17.6 Å². The van der Waals surface area contributed by atoms with Crippen LogP contribution in [0.2, 0.25) is 0 Å². The van der Waals surface area contributed by atoms with E-state index in [4.69, 9.17) is 5.26 Å². The fourth-order valence-corrected chi connectivity index (χ4v) is 5.86. The number of ketones is 1. The molecule has 1 N–H and O–H groups in total. The van der Waals surface area contributed by atoms with Crippen LogP contribution in [-0.2, 0) is 21.1 Å². The summed E-state index contributed by atoms with van der Waals surface area (Å²) in [7, 11) is -3.63. The molecule has 1 aliphatic carbocycles. The first-order valence-corrected chi connectivity index (χ1v) is 12.8. The Kier molecular flexibility index (Phi) is 6.34. The van der Waals surface area contributed by atoms with Gasteiger partial charge in [-0.1, -0.05) is 18.2 Å². The fourth-order valence-electron chi connectivity index (χ4n) is 5.01. The first-order chi connectivity index (χ1) is 15.7. The van der Waals surface area contributed by atoms with Gasteiger partial charge in [-0.25, -0.2) is 12.8 Å². The Hall–Kier alpha value is -3.07. The molecule has 2 aromatic rings. The van der Waals surface area contributed by atoms with Gasteiger partial charge in [0.1, 0.15) is 11.9 Å². The molecular weight excluding hydrogens is 441 g/mol. The second kappa shape index (κ2) is 9.05. The lowest BCUT2D eigenvalue weighted by atomic mass is 9.88. The Morgan fingerprint density at radius 3 is 2.48 bits per heavy atom. The van der Waals surface area contributed by atoms with Crippen molar-refractivity contribution >= 4 is 15.6 Å². The van der Waals surface area contributed by atoms with Crippen LogP contribution in [0.1, 0.15) is 36.8 Å². The quantitative estimate of drug-likeness (QED) is 0.669. The van der Waals surface area contributed by atoms with Crippen molar-refractivity contribution in [3.63, 3.8) is 0 Å². The predicted octanol–water partition coefficient (Wildman–Crippen LogP) is 3.55. The number of carbonyl (C=O) groups excluding carboxylic acids is 1. The normalized spacial score (nSPS) is 22.5. The van der Waals surface area contributed by atoms with E-state index in [-0.39, 0.29) is 35.1 Å². The summed E-state index contributed by atoms with van der Waals surface area (Å²) in [5.74, 6) is -0.771. The predicted molar refractivity (Wildman–Crippen MR) is 120 cm³/mol. The van der Waals surface area contributed by atoms with E-state index in [2.05, 4.69) is 11.4 Å². The molecule has 0 amide bonds. The number of Topliss-reactive ketones (excluding diaryl/α,β-unsaturated/α-hetero) is 1. The first-order valence-electron chi connectivity index (χ1n) is 10.9. The lowest BCUT2D eigenvalue weighted by molar-refractivity contribution is -0.122. The Balaban J connectivity index is 1.50. The maximum atomic E-state index is 14.9. The van der Waals surface area contributed by atoms with Crippen LogP contribution in [0.25, 0.3) is 11.1 Å². The van der Waals surface area contributed by atoms with Crippen LogP contribution in [0.15, 0.2) is 41.3 Å². The molecule has 1 aliphatic heterocycles. The minimum Gasteiger partial charge on any atom is -0.304 e. The lowest BCUT2D eigenvalue weighted by Crippen LogP contribution is -2.42. The number of halogens is 1. The number of nitrogens with one attached hydrogen (secondary N) is 1. The maximum Gasteiger partial charge on any atom is 0.176 e. The highest BCUT2D eigenvalue weighted by Gasteiger charge is 2.42. The van der Waals surface area contributed by atoms with Crippen LogP contribution in [0.4, 0.5) is 4.39 Å². The Labute approximate surface area is 193 Å². The van der Waals surface area contributed by atoms with Crippen LogP contribution in [0, 0.1) is 40.3 Å². The van der Waals surface area contributed by atoms with Gasteiger partial charge in [0.25, 0.3) is 0 Å². The Bertz CT molecular complexity index is 1290. The number of nitriles is 2. The summed E-state index contributed by atoms with van der Waals surface area (Å²) in [4.78, 5) is 12.6. The second-order valence-electron chi connectivity index (χ2n) is 9.02. The van der Waals surface area contributed by atoms with Crippen LogP contribution >= 0.6 is 0 Å². The smallest absolute Gasteiger partial charge is 0.176 e. The molecule has 1 saturated carbocycles. The van der Waals surface area contributed by atoms with E-state index in [9.17, 15) is 22.9 Å². The van der Waals surface area contributed by atoms with Crippen molar-refractivity contribution in [2.45, 2.75) is 49.1 Å². The van der Waals surface area contributed by atoms with Gasteiger partial charge in [-0.05, 0) is 66.5 Å². The topological polar surface area (TPSA) is 111 Å². The fraction of sp³-hybridized carbons (Fsp3) is 0.400. The molecule has 4 rings (SSSR count). The van der Waals surface area contributed by atoms with Crippen molar-refractivity contribution in [1.82, 2.24) is 5.32 Å². The third kappa shape index (κ3) is 4.83. The standard InChI is InChI=1S/C25H24FN3O3S/c1-33(31,32)24-12-17(3-5-20(24)14-28)16-2-4-18(22(26)11-16)8-15(13-27)9-23(30)25-19-6-7-21(10-19)29-25/h2-5,11-12,15,19,21,25,29H,6-10H2,1H3/t15-,19+,21-,25+/m1/s1. The largest absolute Gasteiger partial charge is 0.304 e. The van der Waals surface area contributed by atoms with Crippen molar-refractivity contribution in [1.29, 1.82) is 10.5 Å². The maximum absolute atomic E-state index is 14.9. The number of fused-ring (bicyclic) bond motifs is 2. The molecule has 170 valence electrons. The van der Waals surface area contributed by atoms with E-state index in [1.165, 1.54) is 18.2 Å². The molecule has 2 aliphatic rings. The average Bonchev–Trinajstić information content (AvgIpc) is 3.42. The van der Waals surface area contributed by atoms with Gasteiger partial charge >= 0.3 is 0 Å². The van der Waals surface area contributed by atoms with Gasteiger partial charge in [0.15, 0.2) is 15.6 Å². The number of piperidine rings is 1. The van der Waals surface area contributed by atoms with Gasteiger partial charge in [0, 0.05) is 18.7 Å². The third-order valence-corrected chi connectivity index (χ3v) is 7.83. The molecule has 8 heteroatoms. The van der Waals surface area contributed by atoms with Gasteiger partial charge in [0.2, 0.25) is 0 Å². The molecule has 2 bridgehead atoms. The summed E-state index contributed by atoms with van der Waals surface area (Å²) >= 11 is 0. The van der Waals surface area contributed by atoms with Crippen molar-refractivity contribution in [3.05, 3.63) is 53.3 Å². The molecule has 0 radical (unpaired) electrons. The number of hydrogen-bond donors (Lipinski definition) is 1. The highest BCUT2D eigenvalue weighted by atomic mass is 32.2. The molecule has 0 aromatic heterocycles. The van der Waals surface area contributed by atoms with Crippen molar-refractivity contribution in [2.24, 2.45) is 11.8 Å². The molecule has 2 aromatic carbocycles. The molecular formula is C25H24FN3O3S. The molecule has 33 heavy (non-hydrogen) atoms. The van der Waals surface area contributed by atoms with Crippen LogP contribution in [-0.4, -0.2) is 32.5 Å². The van der Waals surface area contributed by atoms with E-state index >= 15 is 0 Å². The summed E-state index contributed by atoms with van der Waals surface area (Å²) in [6.45, 7) is 0. The summed E-state index contributed by atoms with van der Waals surface area (Å²) < 4.78 is 38.9. The molecule has 0 spiro atoms. The average molecular weight is 466 g/mol. The number of nitrogens with zero attached hydrogens (tertiary/aromatic N) is 2. The summed E-state index contributed by atoms with van der Waals surface area (Å²) in [5.41, 5.74) is 1.29. The van der Waals surface area contributed by atoms with Crippen LogP contribution < -0.4 is 5.32 Å². The molecule has 0 unspecified atom stereocenters. The van der Waals surface area contributed by atoms with Gasteiger partial charge < -0.3 is 5.32 Å². The van der Waals surface area contributed by atoms with E-state index in [0.29, 0.717) is 28.7 Å². The van der Waals surface area contributed by atoms with Gasteiger partial charge in [0.05, 0.1) is 28.5 Å². The Morgan fingerprint density at radius 1 is 1.18 bits per heavy atom. The second-order valence-corrected chi connectivity index (χ2v) is 11.0. The number of sulfone groups is 1. The van der Waals surface area contributed by atoms with Gasteiger partial charge in [-0.2, -0.15) is 10.5 Å². The zero-order chi connectivity index (χ0) is 23.8. The molecule has 4 atom stereocenters. The van der Waals surface area contributed by atoms with Gasteiger partial charge in [-0.3, -0.25) is 4.79 Å². The summed E-state index contributed by atoms with van der Waals surface area (Å²) in [5, 5.41) is 22.1. The van der Waals surface area contributed by atoms with Crippen molar-refractivity contribution in [3.8, 4) is 23.3 Å². The number of hydrogen-bond acceptors (Lipinski definition) is 6. The highest BCUT2D eigenvalue weighted by molar-refractivity contribution is 7.90. The highest BCUT2D eigenvalue weighted by Crippen LogP contribution is 2.36. The molecule has 6 nitrogen and oxygen atoms in total. The van der Waals surface area contributed by atoms with E-state index in [1.807, 2.05) is 6.07 Å². The minimum absolute atomic E-state index is 0.0247. The molecule has 1 heterocycles. The zero-order valence-corrected chi connectivity index (χ0v) is 19.0. The molecule has 1 saturated heterocycles.